The summed E-state index contributed by atoms with van der Waals surface area (Å²) in [5, 5.41) is 0. The Balaban J connectivity index is 0. The van der Waals surface area contributed by atoms with Crippen LogP contribution in [0.15, 0.2) is 11.6 Å². The molecule has 0 heterocycles. The molecule has 0 nitrogen and oxygen atoms in total. The highest BCUT2D eigenvalue weighted by atomic mass is 14.0. The summed E-state index contributed by atoms with van der Waals surface area (Å²) < 4.78 is 0. The van der Waals surface area contributed by atoms with Gasteiger partial charge in [-0.25, -0.2) is 0 Å². The van der Waals surface area contributed by atoms with Gasteiger partial charge in [-0.15, -0.1) is 0 Å². The maximum Gasteiger partial charge on any atom is -0.0348 e. The van der Waals surface area contributed by atoms with Crippen LogP contribution in [0.4, 0.5) is 0 Å². The van der Waals surface area contributed by atoms with E-state index in [9.17, 15) is 0 Å². The molecule has 0 N–H and O–H groups in total. The Morgan fingerprint density at radius 1 is 0.938 bits per heavy atom. The van der Waals surface area contributed by atoms with Crippen LogP contribution in [0.5, 0.6) is 0 Å². The molecule has 0 saturated heterocycles. The number of hydrogen-bond donors (Lipinski definition) is 0. The summed E-state index contributed by atoms with van der Waals surface area (Å²) in [5.41, 5.74) is 1.44. The van der Waals surface area contributed by atoms with E-state index in [-0.39, 0.29) is 0 Å². The van der Waals surface area contributed by atoms with Gasteiger partial charge in [0, 0.05) is 0 Å². The summed E-state index contributed by atoms with van der Waals surface area (Å²) in [4.78, 5) is 0. The van der Waals surface area contributed by atoms with Crippen molar-refractivity contribution in [3.05, 3.63) is 11.6 Å². The molecule has 0 atom stereocenters. The van der Waals surface area contributed by atoms with Crippen molar-refractivity contribution < 1.29 is 0 Å². The third kappa shape index (κ3) is 23.5. The van der Waals surface area contributed by atoms with Crippen LogP contribution in [0.2, 0.25) is 0 Å². The maximum absolute atomic E-state index is 2.30. The van der Waals surface area contributed by atoms with Crippen LogP contribution < -0.4 is 0 Å². The van der Waals surface area contributed by atoms with Gasteiger partial charge in [0.15, 0.2) is 0 Å². The zero-order valence-electron chi connectivity index (χ0n) is 12.6. The zero-order valence-corrected chi connectivity index (χ0v) is 12.6. The Bertz CT molecular complexity index is 138. The molecular formula is C16H34. The summed E-state index contributed by atoms with van der Waals surface area (Å²) in [7, 11) is 0. The van der Waals surface area contributed by atoms with Gasteiger partial charge < -0.3 is 0 Å². The van der Waals surface area contributed by atoms with Crippen LogP contribution in [0.25, 0.3) is 0 Å². The van der Waals surface area contributed by atoms with Gasteiger partial charge in [0.05, 0.1) is 0 Å². The first kappa shape index (κ1) is 18.1. The molecule has 0 amide bonds. The fourth-order valence-electron chi connectivity index (χ4n) is 1.40. The molecule has 0 rings (SSSR count). The predicted octanol–water partition coefficient (Wildman–Crippen LogP) is 6.37. The van der Waals surface area contributed by atoms with Gasteiger partial charge in [-0.3, -0.25) is 0 Å². The van der Waals surface area contributed by atoms with E-state index < -0.39 is 0 Å². The lowest BCUT2D eigenvalue weighted by Gasteiger charge is -2.00. The highest BCUT2D eigenvalue weighted by molar-refractivity contribution is 4.92. The Kier molecular flexibility index (Phi) is 16.7. The Hall–Kier alpha value is -0.260. The van der Waals surface area contributed by atoms with E-state index in [1.165, 1.54) is 50.5 Å². The average molecular weight is 226 g/mol. The Labute approximate surface area is 105 Å². The van der Waals surface area contributed by atoms with E-state index in [2.05, 4.69) is 47.6 Å². The molecule has 0 aliphatic heterocycles. The predicted molar refractivity (Wildman–Crippen MR) is 77.9 cm³/mol. The minimum absolute atomic E-state index is 0.904. The molecule has 0 spiro atoms. The Morgan fingerprint density at radius 2 is 1.50 bits per heavy atom. The highest BCUT2D eigenvalue weighted by Crippen LogP contribution is 2.06. The third-order valence-corrected chi connectivity index (χ3v) is 2.50. The monoisotopic (exact) mass is 226 g/mol. The third-order valence-electron chi connectivity index (χ3n) is 2.50. The Morgan fingerprint density at radius 3 is 1.88 bits per heavy atom. The second kappa shape index (κ2) is 14.7. The first-order chi connectivity index (χ1) is 7.54. The zero-order chi connectivity index (χ0) is 12.8. The number of allylic oxidation sites excluding steroid dienone is 2. The van der Waals surface area contributed by atoms with Gasteiger partial charge >= 0.3 is 0 Å². The fourth-order valence-corrected chi connectivity index (χ4v) is 1.40. The second-order valence-corrected chi connectivity index (χ2v) is 5.31. The van der Waals surface area contributed by atoms with Crippen molar-refractivity contribution >= 4 is 0 Å². The smallest absolute Gasteiger partial charge is 0.0348 e. The summed E-state index contributed by atoms with van der Waals surface area (Å²) >= 11 is 0. The second-order valence-electron chi connectivity index (χ2n) is 5.31. The lowest BCUT2D eigenvalue weighted by atomic mass is 10.1. The van der Waals surface area contributed by atoms with Crippen LogP contribution in [-0.4, -0.2) is 0 Å². The molecule has 0 unspecified atom stereocenters. The van der Waals surface area contributed by atoms with Gasteiger partial charge in [-0.2, -0.15) is 0 Å². The molecule has 0 radical (unpaired) electrons. The van der Waals surface area contributed by atoms with Crippen LogP contribution in [0.1, 0.15) is 86.5 Å². The normalized spacial score (nSPS) is 9.69. The van der Waals surface area contributed by atoms with Crippen molar-refractivity contribution in [2.75, 3.05) is 0 Å². The molecule has 0 heteroatoms. The highest BCUT2D eigenvalue weighted by Gasteiger charge is 1.90. The van der Waals surface area contributed by atoms with Crippen molar-refractivity contribution in [1.82, 2.24) is 0 Å². The molecule has 0 saturated carbocycles. The van der Waals surface area contributed by atoms with E-state index in [0.717, 1.165) is 5.92 Å². The van der Waals surface area contributed by atoms with Crippen LogP contribution in [-0.2, 0) is 0 Å². The summed E-state index contributed by atoms with van der Waals surface area (Å²) in [6.45, 7) is 13.3. The SMILES string of the molecule is CCCCC=C(C)C.CCCCCC(C)C. The van der Waals surface area contributed by atoms with Gasteiger partial charge in [-0.1, -0.05) is 77.9 Å². The molecule has 0 aliphatic carbocycles. The van der Waals surface area contributed by atoms with Gasteiger partial charge in [0.25, 0.3) is 0 Å². The topological polar surface area (TPSA) is 0 Å². The first-order valence-electron chi connectivity index (χ1n) is 7.17. The maximum atomic E-state index is 2.30. The van der Waals surface area contributed by atoms with E-state index >= 15 is 0 Å². The molecule has 0 bridgehead atoms. The molecule has 0 fully saturated rings. The number of rotatable bonds is 7. The largest absolute Gasteiger partial charge is 0.0859 e. The van der Waals surface area contributed by atoms with Crippen LogP contribution >= 0.6 is 0 Å². The summed E-state index contributed by atoms with van der Waals surface area (Å²) in [5.74, 6) is 0.904. The lowest BCUT2D eigenvalue weighted by Crippen LogP contribution is -1.85. The van der Waals surface area contributed by atoms with Crippen molar-refractivity contribution in [3.63, 3.8) is 0 Å². The number of unbranched alkanes of at least 4 members (excludes halogenated alkanes) is 4. The molecule has 0 aliphatic rings. The molecule has 0 aromatic heterocycles. The van der Waals surface area contributed by atoms with Crippen LogP contribution in [0, 0.1) is 5.92 Å². The lowest BCUT2D eigenvalue weighted by molar-refractivity contribution is 0.534. The summed E-state index contributed by atoms with van der Waals surface area (Å²) in [6, 6.07) is 0. The number of hydrogen-bond acceptors (Lipinski definition) is 0. The molecule has 0 aromatic rings. The van der Waals surface area contributed by atoms with Gasteiger partial charge in [0.2, 0.25) is 0 Å². The fraction of sp³-hybridized carbons (Fsp3) is 0.875. The van der Waals surface area contributed by atoms with E-state index in [1.807, 2.05) is 0 Å². The van der Waals surface area contributed by atoms with E-state index in [4.69, 9.17) is 0 Å². The minimum atomic E-state index is 0.904. The minimum Gasteiger partial charge on any atom is -0.0859 e. The van der Waals surface area contributed by atoms with Crippen molar-refractivity contribution in [2.45, 2.75) is 86.5 Å². The summed E-state index contributed by atoms with van der Waals surface area (Å²) in [6.07, 6.45) is 11.8. The molecule has 16 heavy (non-hydrogen) atoms. The standard InChI is InChI=1S/C8H18.C8H16/c2*1-4-5-6-7-8(2)3/h8H,4-7H2,1-3H3;7H,4-6H2,1-3H3. The van der Waals surface area contributed by atoms with Crippen molar-refractivity contribution in [3.8, 4) is 0 Å². The first-order valence-corrected chi connectivity index (χ1v) is 7.17. The van der Waals surface area contributed by atoms with Crippen molar-refractivity contribution in [1.29, 1.82) is 0 Å². The van der Waals surface area contributed by atoms with Gasteiger partial charge in [-0.05, 0) is 26.2 Å². The molecular weight excluding hydrogens is 192 g/mol. The van der Waals surface area contributed by atoms with Crippen molar-refractivity contribution in [2.24, 2.45) is 5.92 Å². The van der Waals surface area contributed by atoms with E-state index in [0.29, 0.717) is 0 Å². The quantitative estimate of drug-likeness (QED) is 0.350. The van der Waals surface area contributed by atoms with Crippen LogP contribution in [0.3, 0.4) is 0 Å². The van der Waals surface area contributed by atoms with Gasteiger partial charge in [0.1, 0.15) is 0 Å². The molecule has 98 valence electrons. The average Bonchev–Trinajstić information content (AvgIpc) is 2.18. The van der Waals surface area contributed by atoms with E-state index in [1.54, 1.807) is 0 Å². The molecule has 0 aromatic carbocycles.